The Morgan fingerprint density at radius 2 is 1.50 bits per heavy atom. The van der Waals surface area contributed by atoms with Crippen LogP contribution in [0, 0.1) is 11.6 Å². The van der Waals surface area contributed by atoms with Crippen LogP contribution in [0.1, 0.15) is 21.5 Å². The van der Waals surface area contributed by atoms with E-state index in [-0.39, 0.29) is 5.56 Å². The molecule has 0 aliphatic rings. The van der Waals surface area contributed by atoms with Crippen molar-refractivity contribution >= 4 is 5.78 Å². The van der Waals surface area contributed by atoms with Gasteiger partial charge in [-0.05, 0) is 24.3 Å². The molecule has 0 amide bonds. The first kappa shape index (κ1) is 14.2. The lowest BCUT2D eigenvalue weighted by molar-refractivity contribution is -0.137. The Morgan fingerprint density at radius 1 is 0.900 bits per heavy atom. The molecule has 0 atom stereocenters. The number of carbonyl (C=O) groups is 1. The molecule has 0 bridgehead atoms. The molecule has 0 aliphatic carbocycles. The molecule has 104 valence electrons. The summed E-state index contributed by atoms with van der Waals surface area (Å²) < 4.78 is 63.5. The van der Waals surface area contributed by atoms with Gasteiger partial charge in [-0.25, -0.2) is 8.78 Å². The van der Waals surface area contributed by atoms with Crippen LogP contribution >= 0.6 is 0 Å². The molecule has 6 heteroatoms. The molecule has 20 heavy (non-hydrogen) atoms. The van der Waals surface area contributed by atoms with Gasteiger partial charge in [0.2, 0.25) is 0 Å². The lowest BCUT2D eigenvalue weighted by Crippen LogP contribution is -2.08. The predicted molar refractivity (Wildman–Crippen MR) is 61.2 cm³/mol. The average molecular weight is 286 g/mol. The lowest BCUT2D eigenvalue weighted by Gasteiger charge is -2.07. The van der Waals surface area contributed by atoms with Crippen molar-refractivity contribution in [2.24, 2.45) is 0 Å². The first-order chi connectivity index (χ1) is 9.30. The number of rotatable bonds is 2. The van der Waals surface area contributed by atoms with Gasteiger partial charge in [-0.1, -0.05) is 18.2 Å². The molecular weight excluding hydrogens is 279 g/mol. The van der Waals surface area contributed by atoms with E-state index in [0.29, 0.717) is 12.1 Å². The Bertz CT molecular complexity index is 644. The second-order valence-electron chi connectivity index (χ2n) is 4.01. The number of benzene rings is 2. The highest BCUT2D eigenvalue weighted by Gasteiger charge is 2.30. The fourth-order valence-corrected chi connectivity index (χ4v) is 1.65. The van der Waals surface area contributed by atoms with E-state index in [1.165, 1.54) is 0 Å². The number of alkyl halides is 3. The van der Waals surface area contributed by atoms with Gasteiger partial charge in [0.25, 0.3) is 0 Å². The highest BCUT2D eigenvalue weighted by Crippen LogP contribution is 2.29. The topological polar surface area (TPSA) is 17.1 Å². The van der Waals surface area contributed by atoms with Gasteiger partial charge in [0.05, 0.1) is 11.1 Å². The quantitative estimate of drug-likeness (QED) is 0.597. The standard InChI is InChI=1S/C14H7F5O/c15-11-3-1-2-10(12(11)16)13(20)8-4-6-9(7-5-8)14(17,18)19/h1-7H. The molecule has 2 aromatic rings. The summed E-state index contributed by atoms with van der Waals surface area (Å²) in [7, 11) is 0. The van der Waals surface area contributed by atoms with Crippen LogP contribution in [0.4, 0.5) is 22.0 Å². The molecule has 2 aromatic carbocycles. The molecule has 0 N–H and O–H groups in total. The van der Waals surface area contributed by atoms with Gasteiger partial charge in [0.15, 0.2) is 17.4 Å². The minimum absolute atomic E-state index is 0.150. The third-order valence-electron chi connectivity index (χ3n) is 2.67. The average Bonchev–Trinajstić information content (AvgIpc) is 2.40. The van der Waals surface area contributed by atoms with E-state index < -0.39 is 34.7 Å². The Hall–Kier alpha value is -2.24. The zero-order valence-electron chi connectivity index (χ0n) is 9.84. The molecule has 0 aromatic heterocycles. The summed E-state index contributed by atoms with van der Waals surface area (Å²) in [6.45, 7) is 0. The van der Waals surface area contributed by atoms with Crippen molar-refractivity contribution in [3.05, 3.63) is 70.8 Å². The molecule has 0 heterocycles. The number of hydrogen-bond donors (Lipinski definition) is 0. The Kier molecular flexibility index (Phi) is 3.57. The lowest BCUT2D eigenvalue weighted by atomic mass is 10.0. The van der Waals surface area contributed by atoms with Crippen molar-refractivity contribution in [3.8, 4) is 0 Å². The largest absolute Gasteiger partial charge is 0.416 e. The van der Waals surface area contributed by atoms with E-state index in [9.17, 15) is 26.7 Å². The van der Waals surface area contributed by atoms with Crippen molar-refractivity contribution < 1.29 is 26.7 Å². The van der Waals surface area contributed by atoms with E-state index in [1.807, 2.05) is 0 Å². The zero-order chi connectivity index (χ0) is 14.9. The minimum atomic E-state index is -4.52. The summed E-state index contributed by atoms with van der Waals surface area (Å²) in [5, 5.41) is 0. The summed E-state index contributed by atoms with van der Waals surface area (Å²) in [5.74, 6) is -3.39. The number of hydrogen-bond acceptors (Lipinski definition) is 1. The fourth-order valence-electron chi connectivity index (χ4n) is 1.65. The minimum Gasteiger partial charge on any atom is -0.288 e. The normalized spacial score (nSPS) is 11.4. The third-order valence-corrected chi connectivity index (χ3v) is 2.67. The van der Waals surface area contributed by atoms with Crippen molar-refractivity contribution in [3.63, 3.8) is 0 Å². The maximum absolute atomic E-state index is 13.4. The van der Waals surface area contributed by atoms with Crippen LogP contribution in [0.25, 0.3) is 0 Å². The zero-order valence-corrected chi connectivity index (χ0v) is 9.84. The molecule has 2 rings (SSSR count). The summed E-state index contributed by atoms with van der Waals surface area (Å²) in [5.41, 5.74) is -1.60. The molecule has 0 saturated heterocycles. The van der Waals surface area contributed by atoms with Crippen LogP contribution < -0.4 is 0 Å². The summed E-state index contributed by atoms with van der Waals surface area (Å²) in [6, 6.07) is 6.34. The van der Waals surface area contributed by atoms with E-state index in [1.54, 1.807) is 0 Å². The molecule has 0 fully saturated rings. The van der Waals surface area contributed by atoms with E-state index in [4.69, 9.17) is 0 Å². The second-order valence-corrected chi connectivity index (χ2v) is 4.01. The van der Waals surface area contributed by atoms with Crippen LogP contribution in [-0.2, 0) is 6.18 Å². The summed E-state index contributed by atoms with van der Waals surface area (Å²) in [6.07, 6.45) is -4.52. The van der Waals surface area contributed by atoms with Crippen LogP contribution in [0.15, 0.2) is 42.5 Å². The van der Waals surface area contributed by atoms with Crippen molar-refractivity contribution in [1.82, 2.24) is 0 Å². The van der Waals surface area contributed by atoms with Crippen molar-refractivity contribution in [2.75, 3.05) is 0 Å². The van der Waals surface area contributed by atoms with Crippen LogP contribution in [-0.4, -0.2) is 5.78 Å². The van der Waals surface area contributed by atoms with Gasteiger partial charge in [0, 0.05) is 5.56 Å². The van der Waals surface area contributed by atoms with Gasteiger partial charge in [-0.15, -0.1) is 0 Å². The number of halogens is 5. The third kappa shape index (κ3) is 2.68. The number of carbonyl (C=O) groups excluding carboxylic acids is 1. The van der Waals surface area contributed by atoms with Gasteiger partial charge >= 0.3 is 6.18 Å². The van der Waals surface area contributed by atoms with Gasteiger partial charge in [-0.3, -0.25) is 4.79 Å². The smallest absolute Gasteiger partial charge is 0.288 e. The molecule has 0 saturated carbocycles. The SMILES string of the molecule is O=C(c1ccc(C(F)(F)F)cc1)c1cccc(F)c1F. The fraction of sp³-hybridized carbons (Fsp3) is 0.0714. The van der Waals surface area contributed by atoms with Crippen molar-refractivity contribution in [1.29, 1.82) is 0 Å². The molecule has 1 nitrogen and oxygen atoms in total. The Labute approximate surface area is 110 Å². The van der Waals surface area contributed by atoms with E-state index in [2.05, 4.69) is 0 Å². The van der Waals surface area contributed by atoms with E-state index in [0.717, 1.165) is 30.3 Å². The van der Waals surface area contributed by atoms with Crippen molar-refractivity contribution in [2.45, 2.75) is 6.18 Å². The second kappa shape index (κ2) is 5.03. The van der Waals surface area contributed by atoms with Gasteiger partial charge in [-0.2, -0.15) is 13.2 Å². The highest BCUT2D eigenvalue weighted by molar-refractivity contribution is 6.09. The molecule has 0 unspecified atom stereocenters. The summed E-state index contributed by atoms with van der Waals surface area (Å²) >= 11 is 0. The molecular formula is C14H7F5O. The predicted octanol–water partition coefficient (Wildman–Crippen LogP) is 4.21. The summed E-state index contributed by atoms with van der Waals surface area (Å²) in [4.78, 5) is 11.9. The molecule has 0 radical (unpaired) electrons. The first-order valence-electron chi connectivity index (χ1n) is 5.46. The van der Waals surface area contributed by atoms with Crippen LogP contribution in [0.2, 0.25) is 0 Å². The first-order valence-corrected chi connectivity index (χ1v) is 5.46. The van der Waals surface area contributed by atoms with Crippen LogP contribution in [0.3, 0.4) is 0 Å². The molecule has 0 spiro atoms. The maximum Gasteiger partial charge on any atom is 0.416 e. The van der Waals surface area contributed by atoms with Gasteiger partial charge in [0.1, 0.15) is 0 Å². The maximum atomic E-state index is 13.4. The Balaban J connectivity index is 2.37. The van der Waals surface area contributed by atoms with E-state index >= 15 is 0 Å². The highest BCUT2D eigenvalue weighted by atomic mass is 19.4. The Morgan fingerprint density at radius 3 is 2.05 bits per heavy atom. The number of ketones is 1. The monoisotopic (exact) mass is 286 g/mol. The van der Waals surface area contributed by atoms with Gasteiger partial charge < -0.3 is 0 Å². The van der Waals surface area contributed by atoms with Crippen LogP contribution in [0.5, 0.6) is 0 Å². The molecule has 0 aliphatic heterocycles.